The monoisotopic (exact) mass is 348 g/mol. The molecule has 4 unspecified atom stereocenters. The number of nitrogens with one attached hydrogen (secondary N) is 1. The van der Waals surface area contributed by atoms with E-state index in [1.54, 1.807) is 19.2 Å². The molecule has 1 N–H and O–H groups in total. The zero-order valence-electron chi connectivity index (χ0n) is 14.1. The van der Waals surface area contributed by atoms with Gasteiger partial charge in [-0.2, -0.15) is 0 Å². The molecule has 0 radical (unpaired) electrons. The lowest BCUT2D eigenvalue weighted by Crippen LogP contribution is -2.50. The van der Waals surface area contributed by atoms with E-state index in [9.17, 15) is 4.79 Å². The van der Waals surface area contributed by atoms with Gasteiger partial charge < -0.3 is 15.0 Å². The fourth-order valence-corrected chi connectivity index (χ4v) is 5.16. The molecule has 2 aliphatic carbocycles. The lowest BCUT2D eigenvalue weighted by atomic mass is 9.92. The van der Waals surface area contributed by atoms with Crippen LogP contribution >= 0.6 is 11.6 Å². The van der Waals surface area contributed by atoms with Gasteiger partial charge in [0, 0.05) is 23.7 Å². The number of benzene rings is 1. The number of nitrogens with zero attached hydrogens (tertiary/aromatic N) is 1. The van der Waals surface area contributed by atoms with Crippen LogP contribution in [0.3, 0.4) is 0 Å². The summed E-state index contributed by atoms with van der Waals surface area (Å²) in [4.78, 5) is 15.7. The molecule has 0 aromatic heterocycles. The van der Waals surface area contributed by atoms with Gasteiger partial charge in [-0.25, -0.2) is 0 Å². The van der Waals surface area contributed by atoms with E-state index >= 15 is 0 Å². The third-order valence-electron chi connectivity index (χ3n) is 6.11. The maximum absolute atomic E-state index is 13.5. The molecule has 24 heavy (non-hydrogen) atoms. The minimum atomic E-state index is 0.106. The maximum atomic E-state index is 13.5. The zero-order chi connectivity index (χ0) is 16.7. The Morgan fingerprint density at radius 3 is 2.79 bits per heavy atom. The van der Waals surface area contributed by atoms with Crippen LogP contribution in [-0.4, -0.2) is 43.1 Å². The number of carbonyl (C=O) groups excluding carboxylic acids is 1. The van der Waals surface area contributed by atoms with Gasteiger partial charge >= 0.3 is 0 Å². The summed E-state index contributed by atoms with van der Waals surface area (Å²) < 4.78 is 5.44. The molecule has 130 valence electrons. The first kappa shape index (κ1) is 16.2. The number of amides is 1. The topological polar surface area (TPSA) is 41.6 Å². The molecule has 4 rings (SSSR count). The highest BCUT2D eigenvalue weighted by atomic mass is 35.5. The van der Waals surface area contributed by atoms with Gasteiger partial charge in [-0.1, -0.05) is 18.0 Å². The number of carbonyl (C=O) groups is 1. The summed E-state index contributed by atoms with van der Waals surface area (Å²) in [5, 5.41) is 4.01. The van der Waals surface area contributed by atoms with E-state index in [-0.39, 0.29) is 5.91 Å². The van der Waals surface area contributed by atoms with Gasteiger partial charge in [0.25, 0.3) is 5.91 Å². The largest absolute Gasteiger partial charge is 0.496 e. The van der Waals surface area contributed by atoms with Crippen LogP contribution in [0.4, 0.5) is 0 Å². The van der Waals surface area contributed by atoms with Crippen molar-refractivity contribution < 1.29 is 9.53 Å². The average Bonchev–Trinajstić information content (AvgIpc) is 3.33. The van der Waals surface area contributed by atoms with Gasteiger partial charge in [-0.15, -0.1) is 0 Å². The Kier molecular flexibility index (Phi) is 4.44. The molecular weight excluding hydrogens is 324 g/mol. The van der Waals surface area contributed by atoms with Crippen molar-refractivity contribution in [2.75, 3.05) is 20.2 Å². The van der Waals surface area contributed by atoms with Gasteiger partial charge in [-0.3, -0.25) is 4.79 Å². The Hall–Kier alpha value is -1.26. The molecule has 1 heterocycles. The third-order valence-corrected chi connectivity index (χ3v) is 6.35. The predicted molar refractivity (Wildman–Crippen MR) is 94.7 cm³/mol. The van der Waals surface area contributed by atoms with Crippen molar-refractivity contribution in [2.45, 2.75) is 44.2 Å². The molecule has 1 amide bonds. The summed E-state index contributed by atoms with van der Waals surface area (Å²) in [6, 6.07) is 6.01. The van der Waals surface area contributed by atoms with Gasteiger partial charge in [0.2, 0.25) is 0 Å². The second kappa shape index (κ2) is 6.57. The molecule has 5 heteroatoms. The maximum Gasteiger partial charge on any atom is 0.258 e. The van der Waals surface area contributed by atoms with Crippen LogP contribution in [0.15, 0.2) is 18.2 Å². The van der Waals surface area contributed by atoms with Crippen LogP contribution in [-0.2, 0) is 0 Å². The highest BCUT2D eigenvalue weighted by Crippen LogP contribution is 2.47. The number of hydrogen-bond acceptors (Lipinski definition) is 3. The molecule has 1 aromatic carbocycles. The van der Waals surface area contributed by atoms with Crippen LogP contribution in [0.2, 0.25) is 5.02 Å². The summed E-state index contributed by atoms with van der Waals surface area (Å²) in [5.74, 6) is 2.18. The molecule has 0 spiro atoms. The minimum Gasteiger partial charge on any atom is -0.496 e. The van der Waals surface area contributed by atoms with E-state index in [0.717, 1.165) is 25.4 Å². The molecular formula is C19H25ClN2O2. The van der Waals surface area contributed by atoms with Crippen molar-refractivity contribution in [3.8, 4) is 5.75 Å². The van der Waals surface area contributed by atoms with Crippen LogP contribution in [0.5, 0.6) is 5.75 Å². The molecule has 2 saturated carbocycles. The van der Waals surface area contributed by atoms with Crippen LogP contribution in [0.1, 0.15) is 42.5 Å². The summed E-state index contributed by atoms with van der Waals surface area (Å²) in [6.45, 7) is 1.89. The summed E-state index contributed by atoms with van der Waals surface area (Å²) in [6.07, 6.45) is 6.12. The van der Waals surface area contributed by atoms with Crippen molar-refractivity contribution in [3.05, 3.63) is 28.8 Å². The van der Waals surface area contributed by atoms with E-state index in [2.05, 4.69) is 10.2 Å². The standard InChI is InChI=1S/C19H25ClN2O2/c1-24-18-10-14(20)4-5-16(18)19(23)22(15-6-7-21-11-15)17-9-12-2-3-13(17)8-12/h4-5,10,12-13,15,17,21H,2-3,6-9,11H2,1H3. The number of halogens is 1. The number of fused-ring (bicyclic) bond motifs is 2. The first-order chi connectivity index (χ1) is 11.7. The highest BCUT2D eigenvalue weighted by Gasteiger charge is 2.46. The Bertz CT molecular complexity index is 630. The number of hydrogen-bond donors (Lipinski definition) is 1. The number of methoxy groups -OCH3 is 1. The van der Waals surface area contributed by atoms with E-state index in [1.165, 1.54) is 25.7 Å². The lowest BCUT2D eigenvalue weighted by Gasteiger charge is -2.39. The third kappa shape index (κ3) is 2.80. The smallest absolute Gasteiger partial charge is 0.258 e. The van der Waals surface area contributed by atoms with Gasteiger partial charge in [-0.05, 0) is 62.3 Å². The van der Waals surface area contributed by atoms with E-state index in [4.69, 9.17) is 16.3 Å². The van der Waals surface area contributed by atoms with Gasteiger partial charge in [0.15, 0.2) is 0 Å². The SMILES string of the molecule is COc1cc(Cl)ccc1C(=O)N(C1CCNC1)C1CC2CCC1C2. The van der Waals surface area contributed by atoms with E-state index in [0.29, 0.717) is 34.3 Å². The predicted octanol–water partition coefficient (Wildman–Crippen LogP) is 3.34. The van der Waals surface area contributed by atoms with Crippen molar-refractivity contribution in [2.24, 2.45) is 11.8 Å². The molecule has 2 bridgehead atoms. The molecule has 3 aliphatic rings. The Labute approximate surface area is 148 Å². The zero-order valence-corrected chi connectivity index (χ0v) is 14.9. The summed E-state index contributed by atoms with van der Waals surface area (Å²) in [5.41, 5.74) is 0.636. The minimum absolute atomic E-state index is 0.106. The number of ether oxygens (including phenoxy) is 1. The summed E-state index contributed by atoms with van der Waals surface area (Å²) >= 11 is 6.07. The Morgan fingerprint density at radius 2 is 2.17 bits per heavy atom. The van der Waals surface area contributed by atoms with E-state index < -0.39 is 0 Å². The van der Waals surface area contributed by atoms with Crippen LogP contribution < -0.4 is 10.1 Å². The number of rotatable bonds is 4. The van der Waals surface area contributed by atoms with E-state index in [1.807, 2.05) is 6.07 Å². The van der Waals surface area contributed by atoms with Gasteiger partial charge in [0.05, 0.1) is 12.7 Å². The molecule has 1 aromatic rings. The fraction of sp³-hybridized carbons (Fsp3) is 0.632. The Balaban J connectivity index is 1.66. The lowest BCUT2D eigenvalue weighted by molar-refractivity contribution is 0.0501. The molecule has 4 nitrogen and oxygen atoms in total. The Morgan fingerprint density at radius 1 is 1.29 bits per heavy atom. The first-order valence-electron chi connectivity index (χ1n) is 9.04. The second-order valence-corrected chi connectivity index (χ2v) is 7.88. The second-order valence-electron chi connectivity index (χ2n) is 7.45. The average molecular weight is 349 g/mol. The molecule has 4 atom stereocenters. The highest BCUT2D eigenvalue weighted by molar-refractivity contribution is 6.30. The van der Waals surface area contributed by atoms with Crippen molar-refractivity contribution in [1.29, 1.82) is 0 Å². The fourth-order valence-electron chi connectivity index (χ4n) is 5.00. The van der Waals surface area contributed by atoms with Crippen LogP contribution in [0, 0.1) is 11.8 Å². The van der Waals surface area contributed by atoms with Crippen LogP contribution in [0.25, 0.3) is 0 Å². The normalized spacial score (nSPS) is 31.4. The van der Waals surface area contributed by atoms with Crippen molar-refractivity contribution in [1.82, 2.24) is 10.2 Å². The molecule has 1 saturated heterocycles. The quantitative estimate of drug-likeness (QED) is 0.907. The van der Waals surface area contributed by atoms with Crippen molar-refractivity contribution >= 4 is 17.5 Å². The molecule has 3 fully saturated rings. The molecule has 1 aliphatic heterocycles. The van der Waals surface area contributed by atoms with Crippen molar-refractivity contribution in [3.63, 3.8) is 0 Å². The van der Waals surface area contributed by atoms with Gasteiger partial charge in [0.1, 0.15) is 5.75 Å². The first-order valence-corrected chi connectivity index (χ1v) is 9.42. The summed E-state index contributed by atoms with van der Waals surface area (Å²) in [7, 11) is 1.60.